The molecule has 1 saturated heterocycles. The molecule has 1 aromatic heterocycles. The van der Waals surface area contributed by atoms with Gasteiger partial charge >= 0.3 is 12.1 Å². The second kappa shape index (κ2) is 18.7. The van der Waals surface area contributed by atoms with Gasteiger partial charge in [0.05, 0.1) is 16.9 Å². The molecule has 1 aliphatic rings. The Balaban J connectivity index is 1.31. The molecule has 0 aliphatic carbocycles. The molecule has 2 N–H and O–H groups in total. The number of amides is 3. The lowest BCUT2D eigenvalue weighted by molar-refractivity contribution is -0.160. The summed E-state index contributed by atoms with van der Waals surface area (Å²) in [7, 11) is 1.68. The third-order valence-corrected chi connectivity index (χ3v) is 9.87. The van der Waals surface area contributed by atoms with Gasteiger partial charge in [0.25, 0.3) is 17.7 Å². The number of halogens is 3. The first-order chi connectivity index (χ1) is 27.5. The molecule has 2 heterocycles. The normalized spacial score (nSPS) is 14.5. The Bertz CT molecular complexity index is 2110. The standard InChI is InChI=1S/C44H51F3N6O5/c1-7-52(8-2)34-17-18-36(35(27-34)37-26-31(19-20-48-37)39(54)49-28-29-12-9-15-33(24-29)44(45,46)47)50-40(55)30-13-10-14-32(25-30)41(56)51(6)22-23-53-21-11-16-38(53)42(57)58-43(3,4)5/h9-10,12-15,17-20,24-27,38H,7-8,11,16,21-23,28H2,1-6H3,(H,49,54)(H,50,55). The molecule has 0 saturated carbocycles. The maximum absolute atomic E-state index is 13.8. The summed E-state index contributed by atoms with van der Waals surface area (Å²) in [6.45, 7) is 12.4. The van der Waals surface area contributed by atoms with E-state index in [-0.39, 0.29) is 35.6 Å². The van der Waals surface area contributed by atoms with Crippen LogP contribution in [-0.2, 0) is 22.3 Å². The average Bonchev–Trinajstić information content (AvgIpc) is 3.68. The molecule has 0 bridgehead atoms. The Morgan fingerprint density at radius 1 is 0.879 bits per heavy atom. The van der Waals surface area contributed by atoms with Crippen molar-refractivity contribution in [1.82, 2.24) is 20.1 Å². The average molecular weight is 801 g/mol. The predicted octanol–water partition coefficient (Wildman–Crippen LogP) is 7.67. The highest BCUT2D eigenvalue weighted by atomic mass is 19.4. The summed E-state index contributed by atoms with van der Waals surface area (Å²) in [6.07, 6.45) is -1.49. The number of nitrogens with zero attached hydrogens (tertiary/aromatic N) is 4. The first-order valence-corrected chi connectivity index (χ1v) is 19.4. The van der Waals surface area contributed by atoms with Gasteiger partial charge in [0, 0.05) is 73.9 Å². The minimum Gasteiger partial charge on any atom is -0.459 e. The minimum absolute atomic E-state index is 0.121. The van der Waals surface area contributed by atoms with E-state index in [0.29, 0.717) is 60.7 Å². The lowest BCUT2D eigenvalue weighted by Gasteiger charge is -2.28. The van der Waals surface area contributed by atoms with Crippen LogP contribution in [0.15, 0.2) is 85.1 Å². The third-order valence-electron chi connectivity index (χ3n) is 9.87. The molecule has 1 atom stereocenters. The van der Waals surface area contributed by atoms with Crippen LogP contribution < -0.4 is 15.5 Å². The van der Waals surface area contributed by atoms with Crippen molar-refractivity contribution < 1.29 is 37.1 Å². The second-order valence-corrected chi connectivity index (χ2v) is 15.2. The third kappa shape index (κ3) is 11.2. The zero-order chi connectivity index (χ0) is 42.2. The number of likely N-dealkylation sites (tertiary alicyclic amines) is 1. The van der Waals surface area contributed by atoms with Crippen molar-refractivity contribution in [2.24, 2.45) is 0 Å². The molecule has 58 heavy (non-hydrogen) atoms. The molecule has 308 valence electrons. The Hall–Kier alpha value is -5.76. The van der Waals surface area contributed by atoms with Crippen LogP contribution in [0.1, 0.15) is 89.7 Å². The van der Waals surface area contributed by atoms with Crippen LogP contribution in [-0.4, -0.2) is 89.9 Å². The summed E-state index contributed by atoms with van der Waals surface area (Å²) in [5, 5.41) is 5.65. The van der Waals surface area contributed by atoms with Crippen molar-refractivity contribution in [2.75, 3.05) is 50.0 Å². The van der Waals surface area contributed by atoms with Crippen molar-refractivity contribution in [3.63, 3.8) is 0 Å². The molecule has 1 aliphatic heterocycles. The van der Waals surface area contributed by atoms with Gasteiger partial charge in [-0.15, -0.1) is 0 Å². The maximum atomic E-state index is 13.8. The fraction of sp³-hybridized carbons (Fsp3) is 0.386. The predicted molar refractivity (Wildman–Crippen MR) is 218 cm³/mol. The molecule has 11 nitrogen and oxygen atoms in total. The molecule has 3 amide bonds. The summed E-state index contributed by atoms with van der Waals surface area (Å²) in [4.78, 5) is 63.6. The van der Waals surface area contributed by atoms with Crippen molar-refractivity contribution >= 4 is 35.1 Å². The fourth-order valence-electron chi connectivity index (χ4n) is 6.82. The van der Waals surface area contributed by atoms with Crippen LogP contribution in [0.25, 0.3) is 11.3 Å². The lowest BCUT2D eigenvalue weighted by Crippen LogP contribution is -2.44. The number of hydrogen-bond acceptors (Lipinski definition) is 8. The molecule has 0 spiro atoms. The summed E-state index contributed by atoms with van der Waals surface area (Å²) < 4.78 is 45.3. The molecule has 1 fully saturated rings. The largest absolute Gasteiger partial charge is 0.459 e. The number of pyridine rings is 1. The number of carbonyl (C=O) groups excluding carboxylic acids is 4. The fourth-order valence-corrected chi connectivity index (χ4v) is 6.82. The summed E-state index contributed by atoms with van der Waals surface area (Å²) >= 11 is 0. The Morgan fingerprint density at radius 3 is 2.29 bits per heavy atom. The van der Waals surface area contributed by atoms with Gasteiger partial charge in [-0.3, -0.25) is 29.1 Å². The number of ether oxygens (including phenoxy) is 1. The van der Waals surface area contributed by atoms with Crippen molar-refractivity contribution in [2.45, 2.75) is 71.8 Å². The quantitative estimate of drug-likeness (QED) is 0.125. The Morgan fingerprint density at radius 2 is 1.59 bits per heavy atom. The zero-order valence-electron chi connectivity index (χ0n) is 33.8. The van der Waals surface area contributed by atoms with Crippen LogP contribution in [0.4, 0.5) is 24.5 Å². The monoisotopic (exact) mass is 800 g/mol. The van der Waals surface area contributed by atoms with Crippen LogP contribution in [0.5, 0.6) is 0 Å². The van der Waals surface area contributed by atoms with Gasteiger partial charge in [-0.25, -0.2) is 0 Å². The van der Waals surface area contributed by atoms with Gasteiger partial charge < -0.3 is 25.2 Å². The van der Waals surface area contributed by atoms with Crippen molar-refractivity contribution in [3.8, 4) is 11.3 Å². The number of likely N-dealkylation sites (N-methyl/N-ethyl adjacent to an activating group) is 1. The van der Waals surface area contributed by atoms with E-state index in [9.17, 15) is 32.3 Å². The number of aromatic nitrogens is 1. The van der Waals surface area contributed by atoms with E-state index in [1.54, 1.807) is 42.3 Å². The van der Waals surface area contributed by atoms with E-state index in [2.05, 4.69) is 20.5 Å². The number of anilines is 2. The number of alkyl halides is 3. The second-order valence-electron chi connectivity index (χ2n) is 15.2. The molecule has 14 heteroatoms. The molecular formula is C44H51F3N6O5. The highest BCUT2D eigenvalue weighted by Crippen LogP contribution is 2.33. The zero-order valence-corrected chi connectivity index (χ0v) is 33.8. The van der Waals surface area contributed by atoms with Gasteiger partial charge in [-0.1, -0.05) is 18.2 Å². The summed E-state index contributed by atoms with van der Waals surface area (Å²) in [5.74, 6) is -1.52. The van der Waals surface area contributed by atoms with Crippen molar-refractivity contribution in [1.29, 1.82) is 0 Å². The number of hydrogen-bond donors (Lipinski definition) is 2. The molecular weight excluding hydrogens is 750 g/mol. The summed E-state index contributed by atoms with van der Waals surface area (Å²) in [6, 6.07) is 19.4. The maximum Gasteiger partial charge on any atom is 0.416 e. The van der Waals surface area contributed by atoms with E-state index in [1.807, 2.05) is 51.7 Å². The van der Waals surface area contributed by atoms with Crippen LogP contribution in [0.2, 0.25) is 0 Å². The highest BCUT2D eigenvalue weighted by Gasteiger charge is 2.34. The van der Waals surface area contributed by atoms with E-state index < -0.39 is 29.2 Å². The van der Waals surface area contributed by atoms with Gasteiger partial charge in [-0.2, -0.15) is 13.2 Å². The van der Waals surface area contributed by atoms with E-state index in [4.69, 9.17) is 4.74 Å². The topological polar surface area (TPSA) is 124 Å². The first kappa shape index (κ1) is 43.4. The van der Waals surface area contributed by atoms with Crippen LogP contribution >= 0.6 is 0 Å². The molecule has 5 rings (SSSR count). The number of carbonyl (C=O) groups is 4. The summed E-state index contributed by atoms with van der Waals surface area (Å²) in [5.41, 5.74) is 1.89. The van der Waals surface area contributed by atoms with E-state index in [1.165, 1.54) is 30.5 Å². The Labute approximate surface area is 337 Å². The van der Waals surface area contributed by atoms with Gasteiger partial charge in [0.1, 0.15) is 11.6 Å². The number of nitrogens with one attached hydrogen (secondary N) is 2. The van der Waals surface area contributed by atoms with Gasteiger partial charge in [-0.05, 0) is 120 Å². The van der Waals surface area contributed by atoms with Gasteiger partial charge in [0.2, 0.25) is 0 Å². The van der Waals surface area contributed by atoms with E-state index in [0.717, 1.165) is 30.8 Å². The first-order valence-electron chi connectivity index (χ1n) is 19.4. The van der Waals surface area contributed by atoms with Crippen LogP contribution in [0.3, 0.4) is 0 Å². The van der Waals surface area contributed by atoms with Gasteiger partial charge in [0.15, 0.2) is 0 Å². The highest BCUT2D eigenvalue weighted by molar-refractivity contribution is 6.08. The smallest absolute Gasteiger partial charge is 0.416 e. The Kier molecular flexibility index (Phi) is 14.0. The number of benzene rings is 3. The lowest BCUT2D eigenvalue weighted by atomic mass is 10.0. The molecule has 3 aromatic carbocycles. The molecule has 4 aromatic rings. The number of rotatable bonds is 14. The van der Waals surface area contributed by atoms with E-state index >= 15 is 0 Å². The molecule has 0 radical (unpaired) electrons. The van der Waals surface area contributed by atoms with Crippen LogP contribution in [0, 0.1) is 0 Å². The SMILES string of the molecule is CCN(CC)c1ccc(NC(=O)c2cccc(C(=O)N(C)CCN3CCCC3C(=O)OC(C)(C)C)c2)c(-c2cc(C(=O)NCc3cccc(C(F)(F)F)c3)ccn2)c1. The molecule has 1 unspecified atom stereocenters. The minimum atomic E-state index is -4.51. The number of esters is 1. The van der Waals surface area contributed by atoms with Crippen molar-refractivity contribution in [3.05, 3.63) is 113 Å².